The van der Waals surface area contributed by atoms with Crippen molar-refractivity contribution in [2.24, 2.45) is 5.92 Å². The van der Waals surface area contributed by atoms with E-state index in [0.717, 1.165) is 0 Å². The Morgan fingerprint density at radius 3 is 2.70 bits per heavy atom. The normalized spacial score (nSPS) is 28.9. The zero-order chi connectivity index (χ0) is 14.9. The maximum Gasteiger partial charge on any atom is 0.318 e. The van der Waals surface area contributed by atoms with E-state index in [-0.39, 0.29) is 23.9 Å². The molecule has 2 aliphatic rings. The lowest BCUT2D eigenvalue weighted by Crippen LogP contribution is -2.65. The predicted molar refractivity (Wildman–Crippen MR) is 71.1 cm³/mol. The first-order chi connectivity index (χ1) is 9.32. The quantitative estimate of drug-likeness (QED) is 0.672. The van der Waals surface area contributed by atoms with Crippen molar-refractivity contribution in [2.45, 2.75) is 44.7 Å². The standard InChI is InChI=1S/C13H21N3O4/c1-13(2)11(19)14-5-6-16(13)12(20)15-9-4-3-8(7-9)10(17)18/h8-9H,3-7H2,1-2H3,(H,14,19)(H,15,20)(H,17,18). The molecule has 1 aliphatic carbocycles. The fourth-order valence-corrected chi connectivity index (χ4v) is 2.84. The number of hydrogen-bond donors (Lipinski definition) is 3. The van der Waals surface area contributed by atoms with Crippen molar-refractivity contribution in [3.63, 3.8) is 0 Å². The van der Waals surface area contributed by atoms with Crippen molar-refractivity contribution in [3.8, 4) is 0 Å². The molecule has 1 aliphatic heterocycles. The minimum Gasteiger partial charge on any atom is -0.481 e. The number of nitrogens with one attached hydrogen (secondary N) is 2. The molecule has 0 spiro atoms. The average Bonchev–Trinajstić information content (AvgIpc) is 2.81. The minimum absolute atomic E-state index is 0.121. The van der Waals surface area contributed by atoms with Crippen LogP contribution in [0.5, 0.6) is 0 Å². The molecule has 3 amide bonds. The van der Waals surface area contributed by atoms with E-state index in [4.69, 9.17) is 5.11 Å². The summed E-state index contributed by atoms with van der Waals surface area (Å²) in [4.78, 5) is 36.5. The first-order valence-electron chi connectivity index (χ1n) is 6.91. The van der Waals surface area contributed by atoms with E-state index in [1.54, 1.807) is 13.8 Å². The summed E-state index contributed by atoms with van der Waals surface area (Å²) in [5, 5.41) is 14.5. The lowest BCUT2D eigenvalue weighted by molar-refractivity contribution is -0.141. The van der Waals surface area contributed by atoms with E-state index >= 15 is 0 Å². The van der Waals surface area contributed by atoms with Crippen LogP contribution < -0.4 is 10.6 Å². The van der Waals surface area contributed by atoms with Gasteiger partial charge in [-0.1, -0.05) is 0 Å². The molecule has 1 saturated carbocycles. The molecule has 112 valence electrons. The molecule has 7 nitrogen and oxygen atoms in total. The molecule has 0 radical (unpaired) electrons. The third-order valence-electron chi connectivity index (χ3n) is 4.21. The van der Waals surface area contributed by atoms with Crippen molar-refractivity contribution in [1.82, 2.24) is 15.5 Å². The molecule has 0 aromatic heterocycles. The van der Waals surface area contributed by atoms with Gasteiger partial charge in [-0.3, -0.25) is 9.59 Å². The topological polar surface area (TPSA) is 98.7 Å². The number of carbonyl (C=O) groups excluding carboxylic acids is 2. The third kappa shape index (κ3) is 2.71. The molecule has 7 heteroatoms. The molecule has 1 saturated heterocycles. The highest BCUT2D eigenvalue weighted by atomic mass is 16.4. The molecule has 2 atom stereocenters. The summed E-state index contributed by atoms with van der Waals surface area (Å²) in [7, 11) is 0. The fourth-order valence-electron chi connectivity index (χ4n) is 2.84. The summed E-state index contributed by atoms with van der Waals surface area (Å²) in [5.41, 5.74) is -0.882. The number of amides is 3. The molecule has 2 unspecified atom stereocenters. The number of aliphatic carboxylic acids is 1. The number of urea groups is 1. The Kier molecular flexibility index (Phi) is 3.87. The summed E-state index contributed by atoms with van der Waals surface area (Å²) < 4.78 is 0. The number of carboxylic acid groups (broad SMARTS) is 1. The van der Waals surface area contributed by atoms with Crippen LogP contribution in [0.1, 0.15) is 33.1 Å². The van der Waals surface area contributed by atoms with Crippen molar-refractivity contribution < 1.29 is 19.5 Å². The van der Waals surface area contributed by atoms with Crippen molar-refractivity contribution in [1.29, 1.82) is 0 Å². The van der Waals surface area contributed by atoms with Gasteiger partial charge in [-0.2, -0.15) is 0 Å². The number of carbonyl (C=O) groups is 3. The van der Waals surface area contributed by atoms with Crippen LogP contribution in [0.2, 0.25) is 0 Å². The first kappa shape index (κ1) is 14.6. The smallest absolute Gasteiger partial charge is 0.318 e. The monoisotopic (exact) mass is 283 g/mol. The van der Waals surface area contributed by atoms with Gasteiger partial charge in [0, 0.05) is 19.1 Å². The van der Waals surface area contributed by atoms with E-state index in [2.05, 4.69) is 10.6 Å². The van der Waals surface area contributed by atoms with E-state index in [9.17, 15) is 14.4 Å². The SMILES string of the molecule is CC1(C)C(=O)NCCN1C(=O)NC1CCC(C(=O)O)C1. The zero-order valence-corrected chi connectivity index (χ0v) is 11.8. The van der Waals surface area contributed by atoms with Crippen LogP contribution in [0.4, 0.5) is 4.79 Å². The van der Waals surface area contributed by atoms with Crippen molar-refractivity contribution in [2.75, 3.05) is 13.1 Å². The maximum absolute atomic E-state index is 12.3. The fraction of sp³-hybridized carbons (Fsp3) is 0.769. The van der Waals surface area contributed by atoms with E-state index in [1.807, 2.05) is 0 Å². The molecule has 0 aromatic rings. The van der Waals surface area contributed by atoms with E-state index < -0.39 is 11.5 Å². The molecule has 20 heavy (non-hydrogen) atoms. The van der Waals surface area contributed by atoms with Gasteiger partial charge in [-0.25, -0.2) is 4.79 Å². The van der Waals surface area contributed by atoms with Gasteiger partial charge in [-0.05, 0) is 33.1 Å². The summed E-state index contributed by atoms with van der Waals surface area (Å²) in [6.45, 7) is 4.31. The summed E-state index contributed by atoms with van der Waals surface area (Å²) in [6.07, 6.45) is 1.72. The van der Waals surface area contributed by atoms with Crippen LogP contribution in [0.3, 0.4) is 0 Å². The van der Waals surface area contributed by atoms with Gasteiger partial charge in [0.15, 0.2) is 0 Å². The second-order valence-electron chi connectivity index (χ2n) is 5.96. The molecule has 2 fully saturated rings. The van der Waals surface area contributed by atoms with Crippen LogP contribution in [0.25, 0.3) is 0 Å². The van der Waals surface area contributed by atoms with Gasteiger partial charge in [0.2, 0.25) is 5.91 Å². The van der Waals surface area contributed by atoms with E-state index in [1.165, 1.54) is 4.90 Å². The van der Waals surface area contributed by atoms with Crippen LogP contribution in [-0.4, -0.2) is 52.6 Å². The summed E-state index contributed by atoms with van der Waals surface area (Å²) in [6, 6.07) is -0.412. The molecular weight excluding hydrogens is 262 g/mol. The summed E-state index contributed by atoms with van der Waals surface area (Å²) >= 11 is 0. The van der Waals surface area contributed by atoms with Gasteiger partial charge < -0.3 is 20.6 Å². The van der Waals surface area contributed by atoms with Crippen molar-refractivity contribution >= 4 is 17.9 Å². The van der Waals surface area contributed by atoms with Gasteiger partial charge in [0.25, 0.3) is 0 Å². The molecular formula is C13H21N3O4. The lowest BCUT2D eigenvalue weighted by Gasteiger charge is -2.41. The Labute approximate surface area is 117 Å². The third-order valence-corrected chi connectivity index (χ3v) is 4.21. The van der Waals surface area contributed by atoms with Gasteiger partial charge in [0.1, 0.15) is 5.54 Å². The van der Waals surface area contributed by atoms with Gasteiger partial charge in [-0.15, -0.1) is 0 Å². The first-order valence-corrected chi connectivity index (χ1v) is 6.91. The summed E-state index contributed by atoms with van der Waals surface area (Å²) in [5.74, 6) is -1.36. The van der Waals surface area contributed by atoms with Crippen LogP contribution in [0, 0.1) is 5.92 Å². The number of nitrogens with zero attached hydrogens (tertiary/aromatic N) is 1. The highest BCUT2D eigenvalue weighted by Gasteiger charge is 2.41. The highest BCUT2D eigenvalue weighted by Crippen LogP contribution is 2.26. The zero-order valence-electron chi connectivity index (χ0n) is 11.8. The Morgan fingerprint density at radius 2 is 2.10 bits per heavy atom. The molecule has 2 rings (SSSR count). The van der Waals surface area contributed by atoms with Crippen molar-refractivity contribution in [3.05, 3.63) is 0 Å². The number of carboxylic acids is 1. The molecule has 0 bridgehead atoms. The number of hydrogen-bond acceptors (Lipinski definition) is 3. The Morgan fingerprint density at radius 1 is 1.40 bits per heavy atom. The average molecular weight is 283 g/mol. The van der Waals surface area contributed by atoms with Crippen LogP contribution in [-0.2, 0) is 9.59 Å². The second-order valence-corrected chi connectivity index (χ2v) is 5.96. The Balaban J connectivity index is 1.95. The minimum atomic E-state index is -0.882. The van der Waals surface area contributed by atoms with Crippen LogP contribution in [0.15, 0.2) is 0 Å². The molecule has 0 aromatic carbocycles. The van der Waals surface area contributed by atoms with Gasteiger partial charge >= 0.3 is 12.0 Å². The number of piperazine rings is 1. The largest absolute Gasteiger partial charge is 0.481 e. The maximum atomic E-state index is 12.3. The lowest BCUT2D eigenvalue weighted by atomic mass is 9.99. The Bertz CT molecular complexity index is 435. The highest BCUT2D eigenvalue weighted by molar-refractivity contribution is 5.91. The molecule has 1 heterocycles. The van der Waals surface area contributed by atoms with Crippen LogP contribution >= 0.6 is 0 Å². The number of rotatable bonds is 2. The second kappa shape index (κ2) is 5.30. The molecule has 3 N–H and O–H groups in total. The van der Waals surface area contributed by atoms with Gasteiger partial charge in [0.05, 0.1) is 5.92 Å². The van der Waals surface area contributed by atoms with E-state index in [0.29, 0.717) is 32.4 Å². The predicted octanol–water partition coefficient (Wildman–Crippen LogP) is 0.160. The Hall–Kier alpha value is -1.79.